The number of sulfonamides is 1. The topological polar surface area (TPSA) is 92.8 Å². The van der Waals surface area contributed by atoms with Crippen LogP contribution in [0.15, 0.2) is 59.5 Å². The van der Waals surface area contributed by atoms with E-state index in [2.05, 4.69) is 10.6 Å². The Morgan fingerprint density at radius 2 is 1.81 bits per heavy atom. The van der Waals surface area contributed by atoms with Crippen LogP contribution in [0.1, 0.15) is 28.8 Å². The Bertz CT molecular complexity index is 1100. The lowest BCUT2D eigenvalue weighted by molar-refractivity contribution is -0.149. The Morgan fingerprint density at radius 1 is 1.13 bits per heavy atom. The van der Waals surface area contributed by atoms with E-state index in [-0.39, 0.29) is 28.9 Å². The molecule has 31 heavy (non-hydrogen) atoms. The number of methoxy groups -OCH3 is 1. The van der Waals surface area contributed by atoms with Gasteiger partial charge in [0.1, 0.15) is 0 Å². The molecule has 0 radical (unpaired) electrons. The van der Waals surface area contributed by atoms with Crippen molar-refractivity contribution in [1.29, 1.82) is 0 Å². The molecular weight excluding hydrogens is 416 g/mol. The molecule has 3 rings (SSSR count). The minimum Gasteiger partial charge on any atom is -0.468 e. The molecule has 0 aliphatic carbocycles. The summed E-state index contributed by atoms with van der Waals surface area (Å²) in [5.74, 6) is 1.60. The number of hydrogen-bond acceptors (Lipinski definition) is 5. The normalized spacial score (nSPS) is 15.7. The van der Waals surface area contributed by atoms with Crippen molar-refractivity contribution < 1.29 is 22.7 Å². The third-order valence-electron chi connectivity index (χ3n) is 5.56. The zero-order valence-corrected chi connectivity index (χ0v) is 18.0. The lowest BCUT2D eigenvalue weighted by Gasteiger charge is -2.40. The van der Waals surface area contributed by atoms with Crippen LogP contribution in [0, 0.1) is 12.3 Å². The Kier molecular flexibility index (Phi) is 6.78. The van der Waals surface area contributed by atoms with E-state index in [1.165, 1.54) is 25.3 Å². The summed E-state index contributed by atoms with van der Waals surface area (Å²) >= 11 is 0. The summed E-state index contributed by atoms with van der Waals surface area (Å²) in [5, 5.41) is 0. The Labute approximate surface area is 182 Å². The van der Waals surface area contributed by atoms with Gasteiger partial charge in [0.25, 0.3) is 5.91 Å². The van der Waals surface area contributed by atoms with Crippen molar-refractivity contribution in [3.05, 3.63) is 65.7 Å². The van der Waals surface area contributed by atoms with Gasteiger partial charge in [-0.2, -0.15) is 4.72 Å². The molecule has 0 aromatic heterocycles. The summed E-state index contributed by atoms with van der Waals surface area (Å²) in [7, 11) is -2.44. The Hall–Kier alpha value is -3.15. The molecule has 8 heteroatoms. The third kappa shape index (κ3) is 4.63. The van der Waals surface area contributed by atoms with Crippen LogP contribution in [-0.4, -0.2) is 51.9 Å². The zero-order valence-electron chi connectivity index (χ0n) is 17.2. The molecule has 1 N–H and O–H groups in total. The first-order valence-electron chi connectivity index (χ1n) is 9.80. The molecule has 1 aliphatic rings. The van der Waals surface area contributed by atoms with Crippen molar-refractivity contribution in [2.45, 2.75) is 23.2 Å². The minimum atomic E-state index is -3.80. The first-order valence-corrected chi connectivity index (χ1v) is 11.3. The number of hydrogen-bond donors (Lipinski definition) is 1. The van der Waals surface area contributed by atoms with Crippen LogP contribution in [0.25, 0.3) is 0 Å². The molecule has 1 amide bonds. The van der Waals surface area contributed by atoms with Crippen LogP contribution >= 0.6 is 0 Å². The summed E-state index contributed by atoms with van der Waals surface area (Å²) in [6.07, 6.45) is 5.94. The number of rotatable bonds is 6. The maximum Gasteiger partial charge on any atom is 0.316 e. The second kappa shape index (κ2) is 9.33. The maximum absolute atomic E-state index is 13.0. The molecule has 0 spiro atoms. The number of nitrogens with zero attached hydrogens (tertiary/aromatic N) is 1. The summed E-state index contributed by atoms with van der Waals surface area (Å²) in [6, 6.07) is 15.2. The van der Waals surface area contributed by atoms with Gasteiger partial charge in [0.2, 0.25) is 10.0 Å². The molecule has 1 aliphatic heterocycles. The first kappa shape index (κ1) is 22.5. The molecule has 1 heterocycles. The number of nitrogens with one attached hydrogen (secondary N) is 1. The molecule has 2 aromatic rings. The SMILES string of the molecule is C#CCNS(=O)(=O)c1cccc(C(=O)N2CCC(C(=O)OC)(c3ccccc3)CC2)c1. The van der Waals surface area contributed by atoms with E-state index in [0.29, 0.717) is 25.9 Å². The summed E-state index contributed by atoms with van der Waals surface area (Å²) < 4.78 is 32.0. The summed E-state index contributed by atoms with van der Waals surface area (Å²) in [5.41, 5.74) is 0.312. The number of likely N-dealkylation sites (tertiary alicyclic amines) is 1. The number of esters is 1. The molecule has 0 saturated carbocycles. The van der Waals surface area contributed by atoms with Crippen LogP contribution in [0.4, 0.5) is 0 Å². The Morgan fingerprint density at radius 3 is 2.42 bits per heavy atom. The van der Waals surface area contributed by atoms with Crippen molar-refractivity contribution >= 4 is 21.9 Å². The number of ether oxygens (including phenoxy) is 1. The fourth-order valence-electron chi connectivity index (χ4n) is 3.85. The lowest BCUT2D eigenvalue weighted by atomic mass is 9.72. The van der Waals surface area contributed by atoms with E-state index in [4.69, 9.17) is 11.2 Å². The van der Waals surface area contributed by atoms with Crippen LogP contribution in [0.2, 0.25) is 0 Å². The molecule has 7 nitrogen and oxygen atoms in total. The van der Waals surface area contributed by atoms with Crippen molar-refractivity contribution in [3.63, 3.8) is 0 Å². The first-order chi connectivity index (χ1) is 14.8. The number of amides is 1. The predicted molar refractivity (Wildman–Crippen MR) is 116 cm³/mol. The number of carbonyl (C=O) groups is 2. The highest BCUT2D eigenvalue weighted by Crippen LogP contribution is 2.37. The number of benzene rings is 2. The smallest absolute Gasteiger partial charge is 0.316 e. The average molecular weight is 441 g/mol. The highest BCUT2D eigenvalue weighted by molar-refractivity contribution is 7.89. The quantitative estimate of drug-likeness (QED) is 0.548. The van der Waals surface area contributed by atoms with Crippen LogP contribution in [0.3, 0.4) is 0 Å². The predicted octanol–water partition coefficient (Wildman–Crippen LogP) is 1.95. The molecule has 2 aromatic carbocycles. The van der Waals surface area contributed by atoms with E-state index >= 15 is 0 Å². The second-order valence-corrected chi connectivity index (χ2v) is 9.06. The monoisotopic (exact) mass is 440 g/mol. The third-order valence-corrected chi connectivity index (χ3v) is 6.96. The maximum atomic E-state index is 13.0. The highest BCUT2D eigenvalue weighted by Gasteiger charge is 2.44. The van der Waals surface area contributed by atoms with Crippen molar-refractivity contribution in [2.24, 2.45) is 0 Å². The minimum absolute atomic E-state index is 0.0289. The molecule has 0 bridgehead atoms. The molecule has 1 saturated heterocycles. The molecular formula is C23H24N2O5S. The van der Waals surface area contributed by atoms with Gasteiger partial charge in [0.15, 0.2) is 0 Å². The van der Waals surface area contributed by atoms with Gasteiger partial charge < -0.3 is 9.64 Å². The number of terminal acetylenes is 1. The fourth-order valence-corrected chi connectivity index (χ4v) is 4.83. The van der Waals surface area contributed by atoms with Crippen LogP contribution in [0.5, 0.6) is 0 Å². The van der Waals surface area contributed by atoms with Gasteiger partial charge in [0.05, 0.1) is 24.0 Å². The van der Waals surface area contributed by atoms with Crippen LogP contribution in [-0.2, 0) is 25.0 Å². The number of carbonyl (C=O) groups excluding carboxylic acids is 2. The fraction of sp³-hybridized carbons (Fsp3) is 0.304. The van der Waals surface area contributed by atoms with Crippen molar-refractivity contribution in [1.82, 2.24) is 9.62 Å². The van der Waals surface area contributed by atoms with Crippen molar-refractivity contribution in [2.75, 3.05) is 26.7 Å². The van der Waals surface area contributed by atoms with Crippen molar-refractivity contribution in [3.8, 4) is 12.3 Å². The van der Waals surface area contributed by atoms with E-state index in [0.717, 1.165) is 5.56 Å². The molecule has 0 atom stereocenters. The average Bonchev–Trinajstić information content (AvgIpc) is 2.82. The van der Waals surface area contributed by atoms with Crippen LogP contribution < -0.4 is 4.72 Å². The lowest BCUT2D eigenvalue weighted by Crippen LogP contribution is -2.49. The van der Waals surface area contributed by atoms with Gasteiger partial charge in [-0.15, -0.1) is 6.42 Å². The summed E-state index contributed by atoms with van der Waals surface area (Å²) in [4.78, 5) is 27.3. The van der Waals surface area contributed by atoms with Gasteiger partial charge in [-0.25, -0.2) is 8.42 Å². The molecule has 0 unspecified atom stereocenters. The molecule has 162 valence electrons. The van der Waals surface area contributed by atoms with Gasteiger partial charge in [-0.3, -0.25) is 9.59 Å². The standard InChI is InChI=1S/C23H24N2O5S/c1-3-14-24-31(28,29)20-11-7-8-18(17-20)21(26)25-15-12-23(13-16-25,22(27)30-2)19-9-5-4-6-10-19/h1,4-11,17,24H,12-16H2,2H3. The van der Waals surface area contributed by atoms with Gasteiger partial charge >= 0.3 is 5.97 Å². The van der Waals surface area contributed by atoms with Gasteiger partial charge in [0, 0.05) is 18.7 Å². The van der Waals surface area contributed by atoms with E-state index < -0.39 is 15.4 Å². The summed E-state index contributed by atoms with van der Waals surface area (Å²) in [6.45, 7) is 0.548. The zero-order chi connectivity index (χ0) is 22.5. The highest BCUT2D eigenvalue weighted by atomic mass is 32.2. The Balaban J connectivity index is 1.79. The van der Waals surface area contributed by atoms with E-state index in [1.807, 2.05) is 30.3 Å². The van der Waals surface area contributed by atoms with Gasteiger partial charge in [-0.1, -0.05) is 42.3 Å². The largest absolute Gasteiger partial charge is 0.468 e. The second-order valence-electron chi connectivity index (χ2n) is 7.29. The van der Waals surface area contributed by atoms with E-state index in [1.54, 1.807) is 11.0 Å². The van der Waals surface area contributed by atoms with E-state index in [9.17, 15) is 18.0 Å². The van der Waals surface area contributed by atoms with Gasteiger partial charge in [-0.05, 0) is 36.6 Å². The molecule has 1 fully saturated rings. The number of piperidine rings is 1.